The maximum absolute atomic E-state index is 12.4. The van der Waals surface area contributed by atoms with Crippen LogP contribution in [0.2, 0.25) is 0 Å². The molecular weight excluding hydrogens is 127 g/mol. The van der Waals surface area contributed by atoms with Gasteiger partial charge in [0.2, 0.25) is 0 Å². The van der Waals surface area contributed by atoms with E-state index in [9.17, 15) is 4.39 Å². The molecule has 0 fully saturated rings. The lowest BCUT2D eigenvalue weighted by Gasteiger charge is -2.07. The summed E-state index contributed by atoms with van der Waals surface area (Å²) in [5.41, 5.74) is 2.13. The van der Waals surface area contributed by atoms with Crippen molar-refractivity contribution in [3.63, 3.8) is 0 Å². The van der Waals surface area contributed by atoms with Crippen LogP contribution in [0.1, 0.15) is 13.3 Å². The molecule has 0 aliphatic heterocycles. The van der Waals surface area contributed by atoms with Gasteiger partial charge in [-0.15, -0.1) is 0 Å². The van der Waals surface area contributed by atoms with E-state index in [4.69, 9.17) is 0 Å². The zero-order valence-corrected chi connectivity index (χ0v) is 6.02. The molecule has 1 radical (unpaired) electrons. The third kappa shape index (κ3) is 1.56. The molecule has 0 bridgehead atoms. The molecule has 0 amide bonds. The third-order valence-corrected chi connectivity index (χ3v) is 1.51. The Morgan fingerprint density at radius 3 is 2.80 bits per heavy atom. The Hall–Kier alpha value is -0.850. The Kier molecular flexibility index (Phi) is 2.05. The van der Waals surface area contributed by atoms with Crippen LogP contribution in [0.3, 0.4) is 0 Å². The standard InChI is InChI=1S/C9H10F/c1-7(2)8-3-5-9(10)6-4-8/h3,5-6H,1,4H2,2H3. The van der Waals surface area contributed by atoms with E-state index in [1.165, 1.54) is 6.42 Å². The summed E-state index contributed by atoms with van der Waals surface area (Å²) >= 11 is 0. The number of hydrogen-bond donors (Lipinski definition) is 0. The van der Waals surface area contributed by atoms with Gasteiger partial charge in [-0.25, -0.2) is 4.39 Å². The minimum Gasteiger partial charge on any atom is -0.211 e. The van der Waals surface area contributed by atoms with Crippen LogP contribution in [0.15, 0.2) is 35.7 Å². The van der Waals surface area contributed by atoms with Crippen LogP contribution in [0.5, 0.6) is 0 Å². The summed E-state index contributed by atoms with van der Waals surface area (Å²) in [5, 5.41) is 0. The first-order chi connectivity index (χ1) is 4.70. The van der Waals surface area contributed by atoms with Gasteiger partial charge in [-0.05, 0) is 25.0 Å². The second kappa shape index (κ2) is 2.82. The number of halogens is 1. The molecule has 1 rings (SSSR count). The predicted molar refractivity (Wildman–Crippen MR) is 41.0 cm³/mol. The fourth-order valence-corrected chi connectivity index (χ4v) is 0.840. The van der Waals surface area contributed by atoms with E-state index in [2.05, 4.69) is 6.58 Å². The third-order valence-electron chi connectivity index (χ3n) is 1.51. The van der Waals surface area contributed by atoms with E-state index < -0.39 is 0 Å². The van der Waals surface area contributed by atoms with Crippen LogP contribution in [-0.4, -0.2) is 0 Å². The van der Waals surface area contributed by atoms with Crippen molar-refractivity contribution in [3.8, 4) is 0 Å². The number of allylic oxidation sites excluding steroid dienone is 5. The monoisotopic (exact) mass is 137 g/mol. The van der Waals surface area contributed by atoms with Crippen molar-refractivity contribution >= 4 is 0 Å². The molecule has 0 heterocycles. The summed E-state index contributed by atoms with van der Waals surface area (Å²) < 4.78 is 12.4. The second-order valence-electron chi connectivity index (χ2n) is 2.43. The van der Waals surface area contributed by atoms with Crippen LogP contribution in [0, 0.1) is 6.42 Å². The smallest absolute Gasteiger partial charge is 0.104 e. The van der Waals surface area contributed by atoms with Crippen LogP contribution < -0.4 is 0 Å². The van der Waals surface area contributed by atoms with Crippen LogP contribution in [0.4, 0.5) is 4.39 Å². The highest BCUT2D eigenvalue weighted by Gasteiger charge is 2.04. The molecule has 53 valence electrons. The van der Waals surface area contributed by atoms with Gasteiger partial charge < -0.3 is 0 Å². The fraction of sp³-hybridized carbons (Fsp3) is 0.222. The SMILES string of the molecule is C=C(C)C1=C[CH]C(F)=CC1. The maximum atomic E-state index is 12.4. The van der Waals surface area contributed by atoms with E-state index in [0.717, 1.165) is 11.1 Å². The van der Waals surface area contributed by atoms with Crippen molar-refractivity contribution in [3.05, 3.63) is 42.1 Å². The van der Waals surface area contributed by atoms with Gasteiger partial charge in [-0.2, -0.15) is 0 Å². The molecule has 1 aliphatic rings. The highest BCUT2D eigenvalue weighted by molar-refractivity contribution is 5.37. The molecule has 10 heavy (non-hydrogen) atoms. The Balaban J connectivity index is 2.62. The molecule has 0 aromatic heterocycles. The molecule has 0 unspecified atom stereocenters. The van der Waals surface area contributed by atoms with E-state index in [1.807, 2.05) is 6.92 Å². The van der Waals surface area contributed by atoms with Crippen LogP contribution >= 0.6 is 0 Å². The molecule has 0 aromatic carbocycles. The normalized spacial score (nSPS) is 17.8. The van der Waals surface area contributed by atoms with Gasteiger partial charge in [0.1, 0.15) is 5.83 Å². The average molecular weight is 137 g/mol. The maximum Gasteiger partial charge on any atom is 0.104 e. The lowest BCUT2D eigenvalue weighted by molar-refractivity contribution is 0.646. The van der Waals surface area contributed by atoms with Crippen LogP contribution in [0.25, 0.3) is 0 Å². The topological polar surface area (TPSA) is 0 Å². The first-order valence-corrected chi connectivity index (χ1v) is 3.25. The Morgan fingerprint density at radius 1 is 1.70 bits per heavy atom. The lowest BCUT2D eigenvalue weighted by atomic mass is 10.00. The molecule has 0 saturated heterocycles. The van der Waals surface area contributed by atoms with Gasteiger partial charge in [0.15, 0.2) is 0 Å². The zero-order valence-electron chi connectivity index (χ0n) is 6.02. The minimum atomic E-state index is -0.148. The predicted octanol–water partition coefficient (Wildman–Crippen LogP) is 2.95. The summed E-state index contributed by atoms with van der Waals surface area (Å²) in [7, 11) is 0. The van der Waals surface area contributed by atoms with Crippen molar-refractivity contribution in [1.29, 1.82) is 0 Å². The Labute approximate surface area is 60.7 Å². The van der Waals surface area contributed by atoms with E-state index >= 15 is 0 Å². The molecular formula is C9H10F. The molecule has 0 saturated carbocycles. The minimum absolute atomic E-state index is 0.148. The molecule has 0 N–H and O–H groups in total. The zero-order chi connectivity index (χ0) is 7.56. The molecule has 0 atom stereocenters. The first kappa shape index (κ1) is 7.26. The Bertz CT molecular complexity index is 209. The van der Waals surface area contributed by atoms with Crippen molar-refractivity contribution in [2.45, 2.75) is 13.3 Å². The van der Waals surface area contributed by atoms with Crippen molar-refractivity contribution in [1.82, 2.24) is 0 Å². The first-order valence-electron chi connectivity index (χ1n) is 3.25. The second-order valence-corrected chi connectivity index (χ2v) is 2.43. The Morgan fingerprint density at radius 2 is 2.40 bits per heavy atom. The van der Waals surface area contributed by atoms with Gasteiger partial charge in [-0.3, -0.25) is 0 Å². The van der Waals surface area contributed by atoms with E-state index in [-0.39, 0.29) is 5.83 Å². The summed E-state index contributed by atoms with van der Waals surface area (Å²) in [6.45, 7) is 5.69. The van der Waals surface area contributed by atoms with Gasteiger partial charge >= 0.3 is 0 Å². The van der Waals surface area contributed by atoms with Crippen molar-refractivity contribution < 1.29 is 4.39 Å². The van der Waals surface area contributed by atoms with Gasteiger partial charge in [0, 0.05) is 6.42 Å². The molecule has 0 aromatic rings. The average Bonchev–Trinajstić information content (AvgIpc) is 1.88. The molecule has 0 nitrogen and oxygen atoms in total. The van der Waals surface area contributed by atoms with Gasteiger partial charge in [0.25, 0.3) is 0 Å². The van der Waals surface area contributed by atoms with Crippen molar-refractivity contribution in [2.24, 2.45) is 0 Å². The highest BCUT2D eigenvalue weighted by atomic mass is 19.1. The largest absolute Gasteiger partial charge is 0.211 e. The summed E-state index contributed by atoms with van der Waals surface area (Å²) in [6, 6.07) is 0. The number of rotatable bonds is 1. The van der Waals surface area contributed by atoms with Crippen molar-refractivity contribution in [2.75, 3.05) is 0 Å². The summed E-state index contributed by atoms with van der Waals surface area (Å²) in [6.07, 6.45) is 5.48. The van der Waals surface area contributed by atoms with E-state index in [0.29, 0.717) is 6.42 Å². The fourth-order valence-electron chi connectivity index (χ4n) is 0.840. The summed E-state index contributed by atoms with van der Waals surface area (Å²) in [5.74, 6) is -0.148. The molecule has 1 aliphatic carbocycles. The van der Waals surface area contributed by atoms with Gasteiger partial charge in [-0.1, -0.05) is 18.2 Å². The molecule has 0 spiro atoms. The van der Waals surface area contributed by atoms with E-state index in [1.54, 1.807) is 12.2 Å². The quantitative estimate of drug-likeness (QED) is 0.521. The van der Waals surface area contributed by atoms with Crippen LogP contribution in [-0.2, 0) is 0 Å². The number of hydrogen-bond acceptors (Lipinski definition) is 0. The summed E-state index contributed by atoms with van der Waals surface area (Å²) in [4.78, 5) is 0. The molecule has 1 heteroatoms. The lowest BCUT2D eigenvalue weighted by Crippen LogP contribution is -1.90. The van der Waals surface area contributed by atoms with Gasteiger partial charge in [0.05, 0.1) is 0 Å². The highest BCUT2D eigenvalue weighted by Crippen LogP contribution is 2.21.